The Labute approximate surface area is 159 Å². The molecule has 0 saturated carbocycles. The standard InChI is InChI=1S/C9H14O4.C6H8O2.C3H8O3/c1-2-3-4-5-9(12)13-8(6-10)7-11;1-2-3-4-5-6(7)8;4-1-3(6)2-5/h1,8,10-11H,3-7H2;2-3H2,1H3,(H,7,8);3-6H,1-2H2. The fourth-order valence-corrected chi connectivity index (χ4v) is 1.03. The number of rotatable bonds is 9. The summed E-state index contributed by atoms with van der Waals surface area (Å²) in [7, 11) is 0. The van der Waals surface area contributed by atoms with Gasteiger partial charge in [-0.2, -0.15) is 0 Å². The number of carbonyl (C=O) groups is 2. The molecule has 0 saturated heterocycles. The number of carboxylic acids is 1. The van der Waals surface area contributed by atoms with Crippen LogP contribution in [0.25, 0.3) is 0 Å². The average Bonchev–Trinajstić information content (AvgIpc) is 2.66. The van der Waals surface area contributed by atoms with Gasteiger partial charge in [0.15, 0.2) is 0 Å². The molecule has 0 bridgehead atoms. The van der Waals surface area contributed by atoms with Gasteiger partial charge in [0, 0.05) is 25.2 Å². The summed E-state index contributed by atoms with van der Waals surface area (Å²) < 4.78 is 4.69. The molecule has 0 aromatic carbocycles. The molecule has 0 unspecified atom stereocenters. The van der Waals surface area contributed by atoms with Crippen molar-refractivity contribution in [2.75, 3.05) is 26.4 Å². The minimum atomic E-state index is -1.04. The van der Waals surface area contributed by atoms with Crippen molar-refractivity contribution in [1.82, 2.24) is 0 Å². The first-order valence-corrected chi connectivity index (χ1v) is 8.28. The van der Waals surface area contributed by atoms with E-state index in [1.807, 2.05) is 12.8 Å². The Bertz CT molecular complexity index is 452. The molecule has 0 aliphatic rings. The Morgan fingerprint density at radius 3 is 1.93 bits per heavy atom. The molecule has 9 heteroatoms. The number of hydrogen-bond donors (Lipinski definition) is 6. The normalized spacial score (nSPS) is 9.00. The quantitative estimate of drug-likeness (QED) is 0.163. The van der Waals surface area contributed by atoms with Gasteiger partial charge in [-0.1, -0.05) is 12.8 Å². The number of aliphatic carboxylic acids is 1. The Balaban J connectivity index is -0.000000351. The lowest BCUT2D eigenvalue weighted by Gasteiger charge is -2.11. The van der Waals surface area contributed by atoms with Crippen molar-refractivity contribution in [3.63, 3.8) is 0 Å². The summed E-state index contributed by atoms with van der Waals surface area (Å²) in [6.45, 7) is 0.498. The van der Waals surface area contributed by atoms with Crippen LogP contribution in [0, 0.1) is 24.2 Å². The van der Waals surface area contributed by atoms with E-state index in [0.717, 1.165) is 6.42 Å². The van der Waals surface area contributed by atoms with E-state index in [-0.39, 0.29) is 32.8 Å². The van der Waals surface area contributed by atoms with E-state index >= 15 is 0 Å². The van der Waals surface area contributed by atoms with Crippen LogP contribution >= 0.6 is 0 Å². The molecular weight excluding hydrogens is 360 g/mol. The third-order valence-corrected chi connectivity index (χ3v) is 2.40. The molecule has 9 nitrogen and oxygen atoms in total. The van der Waals surface area contributed by atoms with E-state index in [1.165, 1.54) is 0 Å². The van der Waals surface area contributed by atoms with Gasteiger partial charge in [0.05, 0.1) is 26.4 Å². The number of carboxylic acid groups (broad SMARTS) is 1. The van der Waals surface area contributed by atoms with Crippen LogP contribution in [-0.2, 0) is 14.3 Å². The third kappa shape index (κ3) is 28.9. The van der Waals surface area contributed by atoms with Crippen molar-refractivity contribution < 1.29 is 45.0 Å². The fourth-order valence-electron chi connectivity index (χ4n) is 1.03. The number of terminal acetylenes is 1. The lowest BCUT2D eigenvalue weighted by atomic mass is 10.2. The highest BCUT2D eigenvalue weighted by molar-refractivity contribution is 5.86. The van der Waals surface area contributed by atoms with Crippen LogP contribution in [0.15, 0.2) is 0 Å². The van der Waals surface area contributed by atoms with Crippen molar-refractivity contribution >= 4 is 11.9 Å². The van der Waals surface area contributed by atoms with Gasteiger partial charge in [-0.25, -0.2) is 4.79 Å². The second-order valence-corrected chi connectivity index (χ2v) is 4.91. The second kappa shape index (κ2) is 23.9. The van der Waals surface area contributed by atoms with Gasteiger partial charge < -0.3 is 35.4 Å². The molecule has 0 aromatic heterocycles. The summed E-state index contributed by atoms with van der Waals surface area (Å²) in [4.78, 5) is 20.6. The molecule has 0 fully saturated rings. The Morgan fingerprint density at radius 2 is 1.59 bits per heavy atom. The van der Waals surface area contributed by atoms with Crippen molar-refractivity contribution in [2.45, 2.75) is 51.2 Å². The maximum Gasteiger partial charge on any atom is 0.381 e. The number of carbonyl (C=O) groups excluding carboxylic acids is 1. The highest BCUT2D eigenvalue weighted by Crippen LogP contribution is 1.99. The van der Waals surface area contributed by atoms with Crippen LogP contribution in [0.1, 0.15) is 39.0 Å². The van der Waals surface area contributed by atoms with Gasteiger partial charge in [0.25, 0.3) is 0 Å². The Hall–Kier alpha value is -2.14. The monoisotopic (exact) mass is 390 g/mol. The predicted molar refractivity (Wildman–Crippen MR) is 97.2 cm³/mol. The third-order valence-electron chi connectivity index (χ3n) is 2.40. The second-order valence-electron chi connectivity index (χ2n) is 4.91. The zero-order chi connectivity index (χ0) is 21.5. The van der Waals surface area contributed by atoms with E-state index in [4.69, 9.17) is 37.1 Å². The first-order chi connectivity index (χ1) is 12.8. The smallest absolute Gasteiger partial charge is 0.381 e. The molecule has 6 N–H and O–H groups in total. The first kappa shape index (κ1) is 29.6. The van der Waals surface area contributed by atoms with Gasteiger partial charge in [0.2, 0.25) is 0 Å². The number of hydrogen-bond acceptors (Lipinski definition) is 8. The lowest BCUT2D eigenvalue weighted by molar-refractivity contribution is -0.153. The molecule has 0 aliphatic carbocycles. The molecule has 0 amide bonds. The topological polar surface area (TPSA) is 165 Å². The first-order valence-electron chi connectivity index (χ1n) is 8.28. The predicted octanol–water partition coefficient (Wildman–Crippen LogP) is -1.11. The lowest BCUT2D eigenvalue weighted by Crippen LogP contribution is -2.25. The summed E-state index contributed by atoms with van der Waals surface area (Å²) >= 11 is 0. The molecule has 0 spiro atoms. The van der Waals surface area contributed by atoms with E-state index in [2.05, 4.69) is 16.6 Å². The highest BCUT2D eigenvalue weighted by atomic mass is 16.6. The maximum atomic E-state index is 10.9. The molecule has 0 radical (unpaired) electrons. The van der Waals surface area contributed by atoms with Gasteiger partial charge in [-0.15, -0.1) is 12.3 Å². The number of aliphatic hydroxyl groups is 5. The molecule has 0 atom stereocenters. The number of aliphatic hydroxyl groups excluding tert-OH is 5. The van der Waals surface area contributed by atoms with Gasteiger partial charge in [-0.05, 0) is 12.8 Å². The maximum absolute atomic E-state index is 10.9. The zero-order valence-corrected chi connectivity index (χ0v) is 15.5. The summed E-state index contributed by atoms with van der Waals surface area (Å²) in [6, 6.07) is 0. The van der Waals surface area contributed by atoms with Crippen LogP contribution in [0.4, 0.5) is 0 Å². The SMILES string of the molecule is C#CCCCC(=O)OC(CO)CO.CCCC#CC(=O)O.OCC(O)CO. The van der Waals surface area contributed by atoms with Crippen LogP contribution in [0.2, 0.25) is 0 Å². The van der Waals surface area contributed by atoms with Crippen LogP contribution in [0.5, 0.6) is 0 Å². The number of ether oxygens (including phenoxy) is 1. The van der Waals surface area contributed by atoms with Crippen molar-refractivity contribution in [2.24, 2.45) is 0 Å². The van der Waals surface area contributed by atoms with Crippen molar-refractivity contribution in [1.29, 1.82) is 0 Å². The summed E-state index contributed by atoms with van der Waals surface area (Å²) in [6.07, 6.45) is 6.13. The molecule has 156 valence electrons. The van der Waals surface area contributed by atoms with Gasteiger partial charge in [0.1, 0.15) is 12.2 Å². The zero-order valence-electron chi connectivity index (χ0n) is 15.5. The molecular formula is C18H30O9. The van der Waals surface area contributed by atoms with Gasteiger partial charge >= 0.3 is 11.9 Å². The average molecular weight is 390 g/mol. The van der Waals surface area contributed by atoms with Gasteiger partial charge in [-0.3, -0.25) is 4.79 Å². The number of esters is 1. The Morgan fingerprint density at radius 1 is 1.04 bits per heavy atom. The van der Waals surface area contributed by atoms with Crippen molar-refractivity contribution in [3.8, 4) is 24.2 Å². The Kier molecular flexibility index (Phi) is 26.2. The molecule has 0 heterocycles. The van der Waals surface area contributed by atoms with E-state index in [9.17, 15) is 9.59 Å². The molecule has 0 aromatic rings. The number of unbranched alkanes of at least 4 members (excludes halogenated alkanes) is 2. The van der Waals surface area contributed by atoms with E-state index in [0.29, 0.717) is 19.3 Å². The highest BCUT2D eigenvalue weighted by Gasteiger charge is 2.11. The van der Waals surface area contributed by atoms with Crippen LogP contribution in [-0.4, -0.2) is 81.2 Å². The van der Waals surface area contributed by atoms with Crippen molar-refractivity contribution in [3.05, 3.63) is 0 Å². The molecule has 27 heavy (non-hydrogen) atoms. The van der Waals surface area contributed by atoms with E-state index in [1.54, 1.807) is 0 Å². The largest absolute Gasteiger partial charge is 0.472 e. The van der Waals surface area contributed by atoms with Crippen LogP contribution in [0.3, 0.4) is 0 Å². The fraction of sp³-hybridized carbons (Fsp3) is 0.667. The molecule has 0 aliphatic heterocycles. The summed E-state index contributed by atoms with van der Waals surface area (Å²) in [5, 5.41) is 49.1. The summed E-state index contributed by atoms with van der Waals surface area (Å²) in [5.41, 5.74) is 0. The summed E-state index contributed by atoms with van der Waals surface area (Å²) in [5.74, 6) is 5.41. The minimum absolute atomic E-state index is 0.223. The van der Waals surface area contributed by atoms with Crippen LogP contribution < -0.4 is 0 Å². The molecule has 0 rings (SSSR count). The minimum Gasteiger partial charge on any atom is -0.472 e. The van der Waals surface area contributed by atoms with E-state index < -0.39 is 24.1 Å².